The summed E-state index contributed by atoms with van der Waals surface area (Å²) in [4.78, 5) is 0. The van der Waals surface area contributed by atoms with Gasteiger partial charge in [0.1, 0.15) is 0 Å². The molecule has 0 aliphatic heterocycles. The van der Waals surface area contributed by atoms with Crippen LogP contribution >= 0.6 is 0 Å². The van der Waals surface area contributed by atoms with Crippen LogP contribution in [-0.2, 0) is 6.42 Å². The van der Waals surface area contributed by atoms with Gasteiger partial charge in [-0.15, -0.1) is 6.58 Å². The van der Waals surface area contributed by atoms with Crippen LogP contribution < -0.4 is 5.32 Å². The molecule has 0 amide bonds. The predicted octanol–water partition coefficient (Wildman–Crippen LogP) is 2.77. The summed E-state index contributed by atoms with van der Waals surface area (Å²) in [6.45, 7) is 5.82. The molecule has 0 saturated carbocycles. The molecule has 0 fully saturated rings. The first kappa shape index (κ1) is 8.85. The lowest BCUT2D eigenvalue weighted by atomic mass is 10.1. The van der Waals surface area contributed by atoms with Crippen molar-refractivity contribution in [3.63, 3.8) is 0 Å². The minimum atomic E-state index is 0.927. The Morgan fingerprint density at radius 3 is 2.83 bits per heavy atom. The monoisotopic (exact) mass is 161 g/mol. The van der Waals surface area contributed by atoms with E-state index in [4.69, 9.17) is 0 Å². The highest BCUT2D eigenvalue weighted by molar-refractivity contribution is 5.53. The third-order valence-electron chi connectivity index (χ3n) is 1.90. The number of hydrogen-bond donors (Lipinski definition) is 1. The van der Waals surface area contributed by atoms with Gasteiger partial charge in [0.25, 0.3) is 0 Å². The average molecular weight is 161 g/mol. The van der Waals surface area contributed by atoms with E-state index in [0.29, 0.717) is 0 Å². The normalized spacial score (nSPS) is 9.50. The SMILES string of the molecule is C=CCc1ccc(C)cc1NC. The first-order valence-corrected chi connectivity index (χ1v) is 4.16. The fraction of sp³-hybridized carbons (Fsp3) is 0.273. The molecule has 0 aliphatic rings. The van der Waals surface area contributed by atoms with Gasteiger partial charge in [-0.25, -0.2) is 0 Å². The molecule has 0 aromatic heterocycles. The van der Waals surface area contributed by atoms with Crippen LogP contribution in [0.3, 0.4) is 0 Å². The van der Waals surface area contributed by atoms with Gasteiger partial charge in [0.2, 0.25) is 0 Å². The predicted molar refractivity (Wildman–Crippen MR) is 54.6 cm³/mol. The van der Waals surface area contributed by atoms with Crippen molar-refractivity contribution in [1.29, 1.82) is 0 Å². The van der Waals surface area contributed by atoms with Gasteiger partial charge in [0.05, 0.1) is 0 Å². The number of aryl methyl sites for hydroxylation is 1. The van der Waals surface area contributed by atoms with Crippen molar-refractivity contribution in [2.24, 2.45) is 0 Å². The first-order valence-electron chi connectivity index (χ1n) is 4.16. The maximum atomic E-state index is 3.73. The van der Waals surface area contributed by atoms with E-state index in [9.17, 15) is 0 Å². The van der Waals surface area contributed by atoms with Crippen molar-refractivity contribution in [2.75, 3.05) is 12.4 Å². The molecular formula is C11H15N. The Kier molecular flexibility index (Phi) is 2.92. The molecule has 1 heteroatoms. The molecule has 1 aromatic carbocycles. The van der Waals surface area contributed by atoms with Gasteiger partial charge in [0, 0.05) is 12.7 Å². The van der Waals surface area contributed by atoms with Crippen molar-refractivity contribution in [2.45, 2.75) is 13.3 Å². The zero-order valence-corrected chi connectivity index (χ0v) is 7.72. The van der Waals surface area contributed by atoms with Crippen molar-refractivity contribution in [1.82, 2.24) is 0 Å². The minimum absolute atomic E-state index is 0.927. The van der Waals surface area contributed by atoms with E-state index in [2.05, 4.69) is 37.0 Å². The molecule has 1 N–H and O–H groups in total. The second-order valence-electron chi connectivity index (χ2n) is 2.90. The van der Waals surface area contributed by atoms with Gasteiger partial charge in [-0.1, -0.05) is 18.2 Å². The average Bonchev–Trinajstić information content (AvgIpc) is 2.08. The Morgan fingerprint density at radius 1 is 1.50 bits per heavy atom. The highest BCUT2D eigenvalue weighted by Gasteiger charge is 1.97. The van der Waals surface area contributed by atoms with Crippen LogP contribution in [-0.4, -0.2) is 7.05 Å². The van der Waals surface area contributed by atoms with Gasteiger partial charge in [-0.2, -0.15) is 0 Å². The molecule has 0 bridgehead atoms. The van der Waals surface area contributed by atoms with E-state index in [0.717, 1.165) is 6.42 Å². The molecule has 0 radical (unpaired) electrons. The number of anilines is 1. The Labute approximate surface area is 74.1 Å². The Hall–Kier alpha value is -1.24. The highest BCUT2D eigenvalue weighted by Crippen LogP contribution is 2.17. The number of benzene rings is 1. The number of rotatable bonds is 3. The molecule has 0 atom stereocenters. The summed E-state index contributed by atoms with van der Waals surface area (Å²) in [6.07, 6.45) is 2.85. The van der Waals surface area contributed by atoms with Gasteiger partial charge in [-0.05, 0) is 30.5 Å². The van der Waals surface area contributed by atoms with Crippen molar-refractivity contribution in [3.05, 3.63) is 42.0 Å². The second kappa shape index (κ2) is 3.96. The topological polar surface area (TPSA) is 12.0 Å². The molecule has 1 rings (SSSR count). The largest absolute Gasteiger partial charge is 0.388 e. The number of nitrogens with one attached hydrogen (secondary N) is 1. The summed E-state index contributed by atoms with van der Waals surface area (Å²) in [5.74, 6) is 0. The van der Waals surface area contributed by atoms with Gasteiger partial charge in [0.15, 0.2) is 0 Å². The van der Waals surface area contributed by atoms with Crippen LogP contribution in [0.5, 0.6) is 0 Å². The third-order valence-corrected chi connectivity index (χ3v) is 1.90. The fourth-order valence-corrected chi connectivity index (χ4v) is 1.26. The first-order chi connectivity index (χ1) is 5.77. The Morgan fingerprint density at radius 2 is 2.25 bits per heavy atom. The fourth-order valence-electron chi connectivity index (χ4n) is 1.26. The Bertz CT molecular complexity index is 276. The van der Waals surface area contributed by atoms with Crippen LogP contribution in [0.1, 0.15) is 11.1 Å². The maximum Gasteiger partial charge on any atom is 0.0375 e. The second-order valence-corrected chi connectivity index (χ2v) is 2.90. The zero-order valence-electron chi connectivity index (χ0n) is 7.72. The summed E-state index contributed by atoms with van der Waals surface area (Å²) in [5.41, 5.74) is 3.79. The lowest BCUT2D eigenvalue weighted by molar-refractivity contribution is 1.25. The summed E-state index contributed by atoms with van der Waals surface area (Å²) in [7, 11) is 1.95. The van der Waals surface area contributed by atoms with Crippen LogP contribution in [0.15, 0.2) is 30.9 Å². The summed E-state index contributed by atoms with van der Waals surface area (Å²) >= 11 is 0. The van der Waals surface area contributed by atoms with E-state index in [-0.39, 0.29) is 0 Å². The molecular weight excluding hydrogens is 146 g/mol. The molecule has 0 saturated heterocycles. The molecule has 0 spiro atoms. The van der Waals surface area contributed by atoms with Gasteiger partial charge in [-0.3, -0.25) is 0 Å². The molecule has 12 heavy (non-hydrogen) atoms. The summed E-state index contributed by atoms with van der Waals surface area (Å²) in [6, 6.07) is 6.42. The molecule has 1 nitrogen and oxygen atoms in total. The third kappa shape index (κ3) is 1.88. The zero-order chi connectivity index (χ0) is 8.97. The minimum Gasteiger partial charge on any atom is -0.388 e. The van der Waals surface area contributed by atoms with Crippen molar-refractivity contribution >= 4 is 5.69 Å². The molecule has 1 aromatic rings. The summed E-state index contributed by atoms with van der Waals surface area (Å²) in [5, 5.41) is 3.17. The molecule has 0 heterocycles. The standard InChI is InChI=1S/C11H15N/c1-4-5-10-7-6-9(2)8-11(10)12-3/h4,6-8,12H,1,5H2,2-3H3. The van der Waals surface area contributed by atoms with E-state index < -0.39 is 0 Å². The van der Waals surface area contributed by atoms with Crippen LogP contribution in [0.2, 0.25) is 0 Å². The molecule has 0 unspecified atom stereocenters. The molecule has 64 valence electrons. The van der Waals surface area contributed by atoms with E-state index in [1.54, 1.807) is 0 Å². The maximum absolute atomic E-state index is 3.73. The number of hydrogen-bond acceptors (Lipinski definition) is 1. The van der Waals surface area contributed by atoms with Crippen LogP contribution in [0, 0.1) is 6.92 Å². The Balaban J connectivity index is 3.01. The van der Waals surface area contributed by atoms with Crippen LogP contribution in [0.25, 0.3) is 0 Å². The van der Waals surface area contributed by atoms with Crippen LogP contribution in [0.4, 0.5) is 5.69 Å². The van der Waals surface area contributed by atoms with Crippen molar-refractivity contribution < 1.29 is 0 Å². The van der Waals surface area contributed by atoms with Gasteiger partial charge >= 0.3 is 0 Å². The smallest absolute Gasteiger partial charge is 0.0375 e. The van der Waals surface area contributed by atoms with Crippen molar-refractivity contribution in [3.8, 4) is 0 Å². The lowest BCUT2D eigenvalue weighted by Gasteiger charge is -2.07. The molecule has 0 aliphatic carbocycles. The van der Waals surface area contributed by atoms with E-state index in [1.165, 1.54) is 16.8 Å². The van der Waals surface area contributed by atoms with E-state index >= 15 is 0 Å². The quantitative estimate of drug-likeness (QED) is 0.672. The van der Waals surface area contributed by atoms with E-state index in [1.807, 2.05) is 13.1 Å². The highest BCUT2D eigenvalue weighted by atomic mass is 14.8. The number of allylic oxidation sites excluding steroid dienone is 1. The summed E-state index contributed by atoms with van der Waals surface area (Å²) < 4.78 is 0. The lowest BCUT2D eigenvalue weighted by Crippen LogP contribution is -1.94. The van der Waals surface area contributed by atoms with Gasteiger partial charge < -0.3 is 5.32 Å².